The van der Waals surface area contributed by atoms with Crippen LogP contribution in [0.1, 0.15) is 36.6 Å². The van der Waals surface area contributed by atoms with Crippen molar-refractivity contribution in [2.75, 3.05) is 4.90 Å². The Morgan fingerprint density at radius 2 is 1.81 bits per heavy atom. The first kappa shape index (κ1) is 24.7. The van der Waals surface area contributed by atoms with Gasteiger partial charge in [0.15, 0.2) is 0 Å². The summed E-state index contributed by atoms with van der Waals surface area (Å²) in [4.78, 5) is 30.2. The van der Waals surface area contributed by atoms with Gasteiger partial charge in [-0.2, -0.15) is 4.80 Å². The number of nitrogens with zero attached hydrogens (tertiary/aromatic N) is 5. The predicted molar refractivity (Wildman–Crippen MR) is 135 cm³/mol. The second kappa shape index (κ2) is 11.0. The average molecular weight is 523 g/mol. The Morgan fingerprint density at radius 1 is 1.05 bits per heavy atom. The van der Waals surface area contributed by atoms with Crippen LogP contribution >= 0.6 is 11.3 Å². The van der Waals surface area contributed by atoms with Crippen LogP contribution in [0.2, 0.25) is 0 Å². The molecule has 1 aliphatic rings. The Kier molecular flexibility index (Phi) is 7.31. The average Bonchev–Trinajstić information content (AvgIpc) is 3.67. The zero-order valence-corrected chi connectivity index (χ0v) is 20.6. The number of halogens is 2. The van der Waals surface area contributed by atoms with Crippen molar-refractivity contribution in [3.8, 4) is 11.4 Å². The van der Waals surface area contributed by atoms with Crippen molar-refractivity contribution in [1.82, 2.24) is 25.5 Å². The molecule has 0 radical (unpaired) electrons. The second-order valence-electron chi connectivity index (χ2n) is 8.77. The van der Waals surface area contributed by atoms with Crippen molar-refractivity contribution in [1.29, 1.82) is 0 Å². The maximum absolute atomic E-state index is 15.1. The van der Waals surface area contributed by atoms with Gasteiger partial charge in [0.1, 0.15) is 24.2 Å². The number of amides is 2. The quantitative estimate of drug-likeness (QED) is 0.368. The van der Waals surface area contributed by atoms with Crippen LogP contribution in [0.15, 0.2) is 66.0 Å². The third kappa shape index (κ3) is 5.56. The zero-order chi connectivity index (χ0) is 25.8. The normalized spacial score (nSPS) is 14.4. The fourth-order valence-electron chi connectivity index (χ4n) is 4.46. The van der Waals surface area contributed by atoms with E-state index in [-0.39, 0.29) is 30.0 Å². The molecule has 0 saturated heterocycles. The van der Waals surface area contributed by atoms with E-state index in [1.165, 1.54) is 58.7 Å². The molecule has 1 atom stereocenters. The molecule has 4 aromatic rings. The smallest absolute Gasteiger partial charge is 0.251 e. The summed E-state index contributed by atoms with van der Waals surface area (Å²) in [5, 5.41) is 17.0. The minimum atomic E-state index is -1.08. The predicted octanol–water partition coefficient (Wildman–Crippen LogP) is 4.51. The van der Waals surface area contributed by atoms with Gasteiger partial charge in [-0.1, -0.05) is 31.0 Å². The largest absolute Gasteiger partial charge is 0.351 e. The lowest BCUT2D eigenvalue weighted by Gasteiger charge is -2.31. The van der Waals surface area contributed by atoms with E-state index >= 15 is 4.39 Å². The molecular formula is C26H24F2N6O2S. The first-order chi connectivity index (χ1) is 18.0. The molecule has 190 valence electrons. The SMILES string of the molecule is O=C(NC1CCCC1)[C@@H](c1cccs1)N(C(=O)Cn1nnc(-c2ccc(F)cc2)n1)c1ccccc1F. The summed E-state index contributed by atoms with van der Waals surface area (Å²) >= 11 is 1.31. The van der Waals surface area contributed by atoms with Crippen LogP contribution < -0.4 is 10.2 Å². The number of carbonyl (C=O) groups is 2. The van der Waals surface area contributed by atoms with Crippen molar-refractivity contribution >= 4 is 28.8 Å². The van der Waals surface area contributed by atoms with Gasteiger partial charge in [-0.05, 0) is 65.9 Å². The van der Waals surface area contributed by atoms with E-state index in [1.807, 2.05) is 5.38 Å². The molecule has 2 heterocycles. The number of hydrogen-bond donors (Lipinski definition) is 1. The number of para-hydroxylation sites is 1. The molecule has 5 rings (SSSR count). The van der Waals surface area contributed by atoms with Crippen LogP contribution in [0, 0.1) is 11.6 Å². The lowest BCUT2D eigenvalue weighted by atomic mass is 10.1. The third-order valence-corrected chi connectivity index (χ3v) is 7.16. The Morgan fingerprint density at radius 3 is 2.51 bits per heavy atom. The molecule has 1 fully saturated rings. The summed E-state index contributed by atoms with van der Waals surface area (Å²) in [7, 11) is 0. The Labute approximate surface area is 215 Å². The van der Waals surface area contributed by atoms with Crippen LogP contribution in [-0.2, 0) is 16.1 Å². The molecular weight excluding hydrogens is 498 g/mol. The van der Waals surface area contributed by atoms with Gasteiger partial charge in [-0.15, -0.1) is 21.5 Å². The highest BCUT2D eigenvalue weighted by Crippen LogP contribution is 2.33. The number of tetrazole rings is 1. The Bertz CT molecular complexity index is 1370. The summed E-state index contributed by atoms with van der Waals surface area (Å²) in [5.41, 5.74) is 0.504. The topological polar surface area (TPSA) is 93.0 Å². The number of nitrogens with one attached hydrogen (secondary N) is 1. The van der Waals surface area contributed by atoms with Gasteiger partial charge in [-0.3, -0.25) is 14.5 Å². The lowest BCUT2D eigenvalue weighted by Crippen LogP contribution is -2.47. The minimum Gasteiger partial charge on any atom is -0.351 e. The number of thiophene rings is 1. The summed E-state index contributed by atoms with van der Waals surface area (Å²) in [6.45, 7) is -0.388. The maximum atomic E-state index is 15.1. The van der Waals surface area contributed by atoms with Gasteiger partial charge in [0.2, 0.25) is 11.7 Å². The molecule has 0 aliphatic heterocycles. The van der Waals surface area contributed by atoms with Gasteiger partial charge < -0.3 is 5.32 Å². The van der Waals surface area contributed by atoms with Crippen LogP contribution in [0.4, 0.5) is 14.5 Å². The van der Waals surface area contributed by atoms with E-state index in [2.05, 4.69) is 20.7 Å². The van der Waals surface area contributed by atoms with E-state index in [0.29, 0.717) is 10.4 Å². The molecule has 2 aromatic carbocycles. The number of carbonyl (C=O) groups excluding carboxylic acids is 2. The van der Waals surface area contributed by atoms with Crippen LogP contribution in [0.5, 0.6) is 0 Å². The van der Waals surface area contributed by atoms with Crippen molar-refractivity contribution in [2.24, 2.45) is 0 Å². The van der Waals surface area contributed by atoms with Crippen molar-refractivity contribution in [3.05, 3.63) is 82.6 Å². The van der Waals surface area contributed by atoms with E-state index in [1.54, 1.807) is 18.2 Å². The summed E-state index contributed by atoms with van der Waals surface area (Å²) in [6, 6.07) is 13.9. The fraction of sp³-hybridized carbons (Fsp3) is 0.269. The monoisotopic (exact) mass is 522 g/mol. The fourth-order valence-corrected chi connectivity index (χ4v) is 5.27. The molecule has 1 aliphatic carbocycles. The van der Waals surface area contributed by atoms with Crippen LogP contribution in [-0.4, -0.2) is 38.1 Å². The third-order valence-electron chi connectivity index (χ3n) is 6.23. The molecule has 0 bridgehead atoms. The molecule has 8 nitrogen and oxygen atoms in total. The van der Waals surface area contributed by atoms with Gasteiger partial charge in [0.25, 0.3) is 5.91 Å². The second-order valence-corrected chi connectivity index (χ2v) is 9.75. The number of aromatic nitrogens is 4. The van der Waals surface area contributed by atoms with Crippen molar-refractivity contribution < 1.29 is 18.4 Å². The van der Waals surface area contributed by atoms with Gasteiger partial charge in [0, 0.05) is 16.5 Å². The molecule has 0 spiro atoms. The molecule has 1 N–H and O–H groups in total. The molecule has 37 heavy (non-hydrogen) atoms. The number of benzene rings is 2. The Hall–Kier alpha value is -3.99. The number of hydrogen-bond acceptors (Lipinski definition) is 6. The highest BCUT2D eigenvalue weighted by Gasteiger charge is 2.36. The highest BCUT2D eigenvalue weighted by molar-refractivity contribution is 7.10. The molecule has 2 aromatic heterocycles. The Balaban J connectivity index is 1.48. The van der Waals surface area contributed by atoms with E-state index < -0.39 is 23.6 Å². The number of rotatable bonds is 8. The lowest BCUT2D eigenvalue weighted by molar-refractivity contribution is -0.127. The standard InChI is InChI=1S/C26H24F2N6O2S/c27-18-13-11-17(12-14-18)25-30-32-33(31-25)16-23(35)34(21-9-4-3-8-20(21)28)24(22-10-5-15-37-22)26(36)29-19-6-1-2-7-19/h3-5,8-15,19,24H,1-2,6-7,16H2,(H,29,36)/t24-/m1/s1. The number of anilines is 1. The highest BCUT2D eigenvalue weighted by atomic mass is 32.1. The zero-order valence-electron chi connectivity index (χ0n) is 19.8. The summed E-state index contributed by atoms with van der Waals surface area (Å²) in [6.07, 6.45) is 3.79. The molecule has 2 amide bonds. The summed E-state index contributed by atoms with van der Waals surface area (Å²) < 4.78 is 28.3. The van der Waals surface area contributed by atoms with E-state index in [0.717, 1.165) is 30.5 Å². The minimum absolute atomic E-state index is 0.0165. The molecule has 1 saturated carbocycles. The van der Waals surface area contributed by atoms with E-state index in [4.69, 9.17) is 0 Å². The van der Waals surface area contributed by atoms with E-state index in [9.17, 15) is 14.0 Å². The van der Waals surface area contributed by atoms with Crippen molar-refractivity contribution in [2.45, 2.75) is 44.3 Å². The van der Waals surface area contributed by atoms with Crippen LogP contribution in [0.25, 0.3) is 11.4 Å². The van der Waals surface area contributed by atoms with Gasteiger partial charge >= 0.3 is 0 Å². The van der Waals surface area contributed by atoms with Gasteiger partial charge in [-0.25, -0.2) is 8.78 Å². The first-order valence-electron chi connectivity index (χ1n) is 11.9. The molecule has 0 unspecified atom stereocenters. The van der Waals surface area contributed by atoms with Gasteiger partial charge in [0.05, 0.1) is 5.69 Å². The maximum Gasteiger partial charge on any atom is 0.251 e. The summed E-state index contributed by atoms with van der Waals surface area (Å²) in [5.74, 6) is -1.79. The first-order valence-corrected chi connectivity index (χ1v) is 12.8. The van der Waals surface area contributed by atoms with Crippen LogP contribution in [0.3, 0.4) is 0 Å². The molecule has 11 heteroatoms. The van der Waals surface area contributed by atoms with Crippen molar-refractivity contribution in [3.63, 3.8) is 0 Å².